The van der Waals surface area contributed by atoms with E-state index in [1.54, 1.807) is 11.9 Å². The van der Waals surface area contributed by atoms with Gasteiger partial charge in [-0.3, -0.25) is 0 Å². The molecule has 1 saturated heterocycles. The number of rotatable bonds is 3. The second-order valence-corrected chi connectivity index (χ2v) is 5.74. The summed E-state index contributed by atoms with van der Waals surface area (Å²) in [7, 11) is 1.78. The molecule has 102 valence electrons. The molecule has 0 saturated carbocycles. The number of carbonyl (C=O) groups excluding carboxylic acids is 1. The first-order chi connectivity index (χ1) is 8.33. The lowest BCUT2D eigenvalue weighted by Crippen LogP contribution is -2.42. The van der Waals surface area contributed by atoms with Crippen molar-refractivity contribution in [2.24, 2.45) is 0 Å². The van der Waals surface area contributed by atoms with Gasteiger partial charge in [0, 0.05) is 39.1 Å². The molecule has 0 bridgehead atoms. The Morgan fingerprint density at radius 2 is 2.22 bits per heavy atom. The molecule has 0 aromatic rings. The van der Waals surface area contributed by atoms with Crippen LogP contribution in [-0.2, 0) is 4.74 Å². The van der Waals surface area contributed by atoms with E-state index in [4.69, 9.17) is 10.00 Å². The Hall–Kier alpha value is -1.28. The van der Waals surface area contributed by atoms with Crippen molar-refractivity contribution < 1.29 is 9.53 Å². The zero-order valence-electron chi connectivity index (χ0n) is 11.8. The molecule has 1 heterocycles. The monoisotopic (exact) mass is 253 g/mol. The van der Waals surface area contributed by atoms with Gasteiger partial charge in [0.2, 0.25) is 0 Å². The topological polar surface area (TPSA) is 56.6 Å². The average Bonchev–Trinajstić information content (AvgIpc) is 2.71. The van der Waals surface area contributed by atoms with Crippen molar-refractivity contribution in [1.29, 1.82) is 5.26 Å². The summed E-state index contributed by atoms with van der Waals surface area (Å²) >= 11 is 0. The molecule has 1 amide bonds. The van der Waals surface area contributed by atoms with Gasteiger partial charge in [-0.15, -0.1) is 0 Å². The van der Waals surface area contributed by atoms with Crippen molar-refractivity contribution in [3.63, 3.8) is 0 Å². The molecule has 1 fully saturated rings. The third kappa shape index (κ3) is 4.53. The highest BCUT2D eigenvalue weighted by atomic mass is 16.6. The lowest BCUT2D eigenvalue weighted by molar-refractivity contribution is 0.0229. The van der Waals surface area contributed by atoms with E-state index in [1.165, 1.54) is 0 Å². The number of hydrogen-bond donors (Lipinski definition) is 0. The van der Waals surface area contributed by atoms with Crippen molar-refractivity contribution >= 4 is 6.09 Å². The van der Waals surface area contributed by atoms with E-state index in [0.29, 0.717) is 6.42 Å². The van der Waals surface area contributed by atoms with Crippen molar-refractivity contribution in [2.45, 2.75) is 45.3 Å². The number of ether oxygens (including phenoxy) is 1. The molecule has 5 heteroatoms. The Labute approximate surface area is 109 Å². The summed E-state index contributed by atoms with van der Waals surface area (Å²) in [6.45, 7) is 8.16. The number of nitriles is 1. The number of carbonyl (C=O) groups is 1. The molecule has 0 radical (unpaired) electrons. The molecule has 1 atom stereocenters. The second kappa shape index (κ2) is 6.05. The maximum Gasteiger partial charge on any atom is 0.410 e. The van der Waals surface area contributed by atoms with Crippen LogP contribution in [0.5, 0.6) is 0 Å². The molecule has 0 N–H and O–H groups in total. The van der Waals surface area contributed by atoms with Gasteiger partial charge in [-0.05, 0) is 27.2 Å². The summed E-state index contributed by atoms with van der Waals surface area (Å²) in [5, 5.41) is 8.56. The van der Waals surface area contributed by atoms with Gasteiger partial charge in [-0.25, -0.2) is 4.79 Å². The lowest BCUT2D eigenvalue weighted by atomic mass is 10.2. The molecule has 0 aromatic carbocycles. The van der Waals surface area contributed by atoms with Gasteiger partial charge in [0.25, 0.3) is 0 Å². The van der Waals surface area contributed by atoms with Gasteiger partial charge >= 0.3 is 6.09 Å². The van der Waals surface area contributed by atoms with Crippen molar-refractivity contribution in [2.75, 3.05) is 26.7 Å². The van der Waals surface area contributed by atoms with Crippen LogP contribution in [0.25, 0.3) is 0 Å². The fraction of sp³-hybridized carbons (Fsp3) is 0.846. The first kappa shape index (κ1) is 14.8. The van der Waals surface area contributed by atoms with Crippen molar-refractivity contribution in [1.82, 2.24) is 9.80 Å². The van der Waals surface area contributed by atoms with Crippen LogP contribution < -0.4 is 0 Å². The van der Waals surface area contributed by atoms with Crippen molar-refractivity contribution in [3.05, 3.63) is 0 Å². The summed E-state index contributed by atoms with van der Waals surface area (Å²) in [5.74, 6) is 0. The van der Waals surface area contributed by atoms with Crippen molar-refractivity contribution in [3.8, 4) is 6.07 Å². The van der Waals surface area contributed by atoms with Gasteiger partial charge in [0.05, 0.1) is 6.07 Å². The minimum atomic E-state index is -0.454. The third-order valence-electron chi connectivity index (χ3n) is 3.02. The Kier molecular flexibility index (Phi) is 4.97. The fourth-order valence-electron chi connectivity index (χ4n) is 2.02. The normalized spacial score (nSPS) is 20.5. The summed E-state index contributed by atoms with van der Waals surface area (Å²) < 4.78 is 5.34. The molecule has 0 aromatic heterocycles. The van der Waals surface area contributed by atoms with Crippen LogP contribution in [0.15, 0.2) is 0 Å². The molecule has 0 spiro atoms. The van der Waals surface area contributed by atoms with Gasteiger partial charge in [0.15, 0.2) is 0 Å². The van der Waals surface area contributed by atoms with E-state index in [9.17, 15) is 4.79 Å². The number of likely N-dealkylation sites (tertiary alicyclic amines) is 1. The molecule has 0 unspecified atom stereocenters. The van der Waals surface area contributed by atoms with E-state index in [2.05, 4.69) is 11.0 Å². The minimum Gasteiger partial charge on any atom is -0.444 e. The molecule has 18 heavy (non-hydrogen) atoms. The first-order valence-electron chi connectivity index (χ1n) is 6.38. The number of hydrogen-bond acceptors (Lipinski definition) is 4. The first-order valence-corrected chi connectivity index (χ1v) is 6.38. The molecule has 0 aliphatic carbocycles. The Morgan fingerprint density at radius 1 is 1.56 bits per heavy atom. The molecular formula is C13H23N3O2. The average molecular weight is 253 g/mol. The summed E-state index contributed by atoms with van der Waals surface area (Å²) in [6, 6.07) is 2.34. The van der Waals surface area contributed by atoms with Crippen LogP contribution in [0.1, 0.15) is 33.6 Å². The fourth-order valence-corrected chi connectivity index (χ4v) is 2.02. The molecular weight excluding hydrogens is 230 g/mol. The van der Waals surface area contributed by atoms with E-state index < -0.39 is 5.60 Å². The maximum absolute atomic E-state index is 11.9. The van der Waals surface area contributed by atoms with Crippen LogP contribution in [0.4, 0.5) is 4.79 Å². The number of likely N-dealkylation sites (N-methyl/N-ethyl adjacent to an activating group) is 1. The highest BCUT2D eigenvalue weighted by Gasteiger charge is 2.30. The van der Waals surface area contributed by atoms with Crippen LogP contribution in [0.3, 0.4) is 0 Å². The summed E-state index contributed by atoms with van der Waals surface area (Å²) in [4.78, 5) is 15.8. The Morgan fingerprint density at radius 3 is 2.78 bits per heavy atom. The standard InChI is InChI=1S/C13H23N3O2/c1-13(2,3)18-12(17)15(4)11-6-9-16(10-11)8-5-7-14/h11H,5-6,8-10H2,1-4H3/t11-/m0/s1. The van der Waals surface area contributed by atoms with Crippen LogP contribution in [0, 0.1) is 11.3 Å². The molecule has 1 aliphatic rings. The smallest absolute Gasteiger partial charge is 0.410 e. The van der Waals surface area contributed by atoms with E-state index in [-0.39, 0.29) is 12.1 Å². The Balaban J connectivity index is 2.42. The maximum atomic E-state index is 11.9. The van der Waals surface area contributed by atoms with Gasteiger partial charge < -0.3 is 14.5 Å². The van der Waals surface area contributed by atoms with Crippen LogP contribution >= 0.6 is 0 Å². The predicted octanol–water partition coefficient (Wildman–Crippen LogP) is 1.84. The zero-order valence-corrected chi connectivity index (χ0v) is 11.8. The predicted molar refractivity (Wildman–Crippen MR) is 69.1 cm³/mol. The number of amides is 1. The molecule has 1 rings (SSSR count). The third-order valence-corrected chi connectivity index (χ3v) is 3.02. The van der Waals surface area contributed by atoms with Gasteiger partial charge in [-0.1, -0.05) is 0 Å². The quantitative estimate of drug-likeness (QED) is 0.770. The van der Waals surface area contributed by atoms with Gasteiger partial charge in [0.1, 0.15) is 5.60 Å². The van der Waals surface area contributed by atoms with Crippen LogP contribution in [-0.4, -0.2) is 54.2 Å². The Bertz CT molecular complexity index is 330. The van der Waals surface area contributed by atoms with E-state index in [0.717, 1.165) is 26.1 Å². The van der Waals surface area contributed by atoms with E-state index in [1.807, 2.05) is 20.8 Å². The second-order valence-electron chi connectivity index (χ2n) is 5.74. The number of nitrogens with zero attached hydrogens (tertiary/aromatic N) is 3. The zero-order chi connectivity index (χ0) is 13.8. The van der Waals surface area contributed by atoms with Gasteiger partial charge in [-0.2, -0.15) is 5.26 Å². The minimum absolute atomic E-state index is 0.193. The highest BCUT2D eigenvalue weighted by Crippen LogP contribution is 2.17. The van der Waals surface area contributed by atoms with E-state index >= 15 is 0 Å². The SMILES string of the molecule is CN(C(=O)OC(C)(C)C)[C@H]1CCN(CCC#N)C1. The highest BCUT2D eigenvalue weighted by molar-refractivity contribution is 5.68. The largest absolute Gasteiger partial charge is 0.444 e. The van der Waals surface area contributed by atoms with Crippen LogP contribution in [0.2, 0.25) is 0 Å². The lowest BCUT2D eigenvalue weighted by Gasteiger charge is -2.28. The summed E-state index contributed by atoms with van der Waals surface area (Å²) in [6.07, 6.45) is 1.22. The molecule has 1 aliphatic heterocycles. The summed E-state index contributed by atoms with van der Waals surface area (Å²) in [5.41, 5.74) is -0.454. The molecule has 5 nitrogen and oxygen atoms in total.